The summed E-state index contributed by atoms with van der Waals surface area (Å²) >= 11 is 1.43. The Morgan fingerprint density at radius 1 is 1.11 bits per heavy atom. The summed E-state index contributed by atoms with van der Waals surface area (Å²) in [5.74, 6) is -0.240. The van der Waals surface area contributed by atoms with E-state index in [0.717, 1.165) is 16.9 Å². The Labute approximate surface area is 166 Å². The zero-order chi connectivity index (χ0) is 19.8. The molecule has 0 atom stereocenters. The molecule has 7 heteroatoms. The number of hydrogen-bond acceptors (Lipinski definition) is 5. The molecule has 0 saturated carbocycles. The third kappa shape index (κ3) is 5.52. The first-order valence-electron chi connectivity index (χ1n) is 8.45. The third-order valence-corrected chi connectivity index (χ3v) is 4.66. The van der Waals surface area contributed by atoms with Gasteiger partial charge in [-0.25, -0.2) is 4.79 Å². The molecule has 3 N–H and O–H groups in total. The maximum atomic E-state index is 11.1. The molecule has 0 aliphatic rings. The fourth-order valence-electron chi connectivity index (χ4n) is 2.37. The molecule has 0 unspecified atom stereocenters. The van der Waals surface area contributed by atoms with Gasteiger partial charge in [-0.3, -0.25) is 4.98 Å². The lowest BCUT2D eigenvalue weighted by atomic mass is 10.1. The highest BCUT2D eigenvalue weighted by Gasteiger charge is 2.05. The van der Waals surface area contributed by atoms with E-state index in [-0.39, 0.29) is 5.56 Å². The number of thioether (sulfide) groups is 1. The Morgan fingerprint density at radius 3 is 2.57 bits per heavy atom. The van der Waals surface area contributed by atoms with Crippen LogP contribution in [0.5, 0.6) is 0 Å². The molecular formula is C21H18N4O2S. The summed E-state index contributed by atoms with van der Waals surface area (Å²) in [5, 5.41) is 17.5. The minimum Gasteiger partial charge on any atom is -0.478 e. The van der Waals surface area contributed by atoms with Crippen molar-refractivity contribution in [3.05, 3.63) is 89.6 Å². The predicted octanol–water partition coefficient (Wildman–Crippen LogP) is 4.03. The molecule has 28 heavy (non-hydrogen) atoms. The minimum absolute atomic E-state index is 0.202. The molecule has 0 aliphatic heterocycles. The molecule has 3 aromatic rings. The number of hydrogen-bond donors (Lipinski definition) is 2. The Balaban J connectivity index is 1.60. The van der Waals surface area contributed by atoms with E-state index >= 15 is 0 Å². The Hall–Kier alpha value is -3.45. The van der Waals surface area contributed by atoms with Crippen molar-refractivity contribution in [1.29, 1.82) is 0 Å². The number of carboxylic acid groups (broad SMARTS) is 1. The second-order valence-corrected chi connectivity index (χ2v) is 6.81. The fourth-order valence-corrected chi connectivity index (χ4v) is 2.99. The van der Waals surface area contributed by atoms with Gasteiger partial charge < -0.3 is 10.8 Å². The number of rotatable bonds is 6. The van der Waals surface area contributed by atoms with E-state index in [1.165, 1.54) is 29.6 Å². The lowest BCUT2D eigenvalue weighted by Gasteiger charge is -2.02. The van der Waals surface area contributed by atoms with Crippen molar-refractivity contribution in [2.45, 2.75) is 5.75 Å². The van der Waals surface area contributed by atoms with Crippen LogP contribution in [0.25, 0.3) is 11.3 Å². The van der Waals surface area contributed by atoms with Crippen LogP contribution in [0.3, 0.4) is 0 Å². The van der Waals surface area contributed by atoms with E-state index in [1.54, 1.807) is 12.3 Å². The summed E-state index contributed by atoms with van der Waals surface area (Å²) in [6, 6.07) is 20.4. The number of benzene rings is 2. The normalized spacial score (nSPS) is 11.6. The van der Waals surface area contributed by atoms with Crippen LogP contribution >= 0.6 is 11.8 Å². The van der Waals surface area contributed by atoms with Crippen LogP contribution < -0.4 is 5.73 Å². The van der Waals surface area contributed by atoms with Gasteiger partial charge >= 0.3 is 5.97 Å². The summed E-state index contributed by atoms with van der Waals surface area (Å²) in [7, 11) is 0. The van der Waals surface area contributed by atoms with Crippen LogP contribution in [0.2, 0.25) is 0 Å². The van der Waals surface area contributed by atoms with Gasteiger partial charge in [0.25, 0.3) is 0 Å². The number of amidine groups is 1. The molecule has 2 aromatic carbocycles. The molecule has 0 fully saturated rings. The summed E-state index contributed by atoms with van der Waals surface area (Å²) < 4.78 is 0. The lowest BCUT2D eigenvalue weighted by molar-refractivity contribution is 0.0697. The van der Waals surface area contributed by atoms with E-state index in [1.807, 2.05) is 54.6 Å². The minimum atomic E-state index is -0.979. The number of carbonyl (C=O) groups is 1. The second-order valence-electron chi connectivity index (χ2n) is 5.81. The molecule has 0 radical (unpaired) electrons. The number of aromatic carboxylic acids is 1. The van der Waals surface area contributed by atoms with Crippen LogP contribution in [0.4, 0.5) is 0 Å². The first kappa shape index (κ1) is 19.3. The van der Waals surface area contributed by atoms with Gasteiger partial charge in [0.2, 0.25) is 0 Å². The largest absolute Gasteiger partial charge is 0.478 e. The van der Waals surface area contributed by atoms with Crippen LogP contribution in [0.1, 0.15) is 21.5 Å². The molecule has 140 valence electrons. The number of carboxylic acids is 1. The van der Waals surface area contributed by atoms with Crippen molar-refractivity contribution in [1.82, 2.24) is 4.98 Å². The van der Waals surface area contributed by atoms with E-state index in [9.17, 15) is 4.79 Å². The van der Waals surface area contributed by atoms with Gasteiger partial charge in [0, 0.05) is 17.5 Å². The van der Waals surface area contributed by atoms with Gasteiger partial charge in [-0.1, -0.05) is 66.4 Å². The number of nitrogens with zero attached hydrogens (tertiary/aromatic N) is 3. The lowest BCUT2D eigenvalue weighted by Crippen LogP contribution is -2.05. The van der Waals surface area contributed by atoms with Gasteiger partial charge in [-0.05, 0) is 23.3 Å². The van der Waals surface area contributed by atoms with Crippen molar-refractivity contribution < 1.29 is 9.90 Å². The first-order chi connectivity index (χ1) is 13.6. The molecule has 1 heterocycles. The zero-order valence-corrected chi connectivity index (χ0v) is 15.7. The molecule has 0 saturated heterocycles. The predicted molar refractivity (Wildman–Crippen MR) is 114 cm³/mol. The van der Waals surface area contributed by atoms with E-state index in [0.29, 0.717) is 10.9 Å². The molecular weight excluding hydrogens is 372 g/mol. The van der Waals surface area contributed by atoms with Crippen LogP contribution in [-0.4, -0.2) is 27.4 Å². The first-order valence-corrected chi connectivity index (χ1v) is 9.43. The maximum Gasteiger partial charge on any atom is 0.335 e. The van der Waals surface area contributed by atoms with Gasteiger partial charge in [-0.2, -0.15) is 5.10 Å². The van der Waals surface area contributed by atoms with Gasteiger partial charge in [0.1, 0.15) is 0 Å². The second kappa shape index (κ2) is 9.48. The van der Waals surface area contributed by atoms with E-state index in [4.69, 9.17) is 10.8 Å². The number of nitrogens with two attached hydrogens (primary N) is 1. The monoisotopic (exact) mass is 390 g/mol. The molecule has 3 rings (SSSR count). The standard InChI is InChI=1S/C21H18N4O2S/c22-21(28-14-16-4-2-1-3-5-16)25-24-13-15-6-8-17(9-7-15)19-12-18(20(26)27)10-11-23-19/h1-13H,14H2,(H2,22,25)(H,26,27). The van der Waals surface area contributed by atoms with Crippen molar-refractivity contribution in [3.63, 3.8) is 0 Å². The smallest absolute Gasteiger partial charge is 0.335 e. The van der Waals surface area contributed by atoms with Crippen LogP contribution in [0, 0.1) is 0 Å². The summed E-state index contributed by atoms with van der Waals surface area (Å²) in [6.45, 7) is 0. The zero-order valence-electron chi connectivity index (χ0n) is 14.9. The highest BCUT2D eigenvalue weighted by atomic mass is 32.2. The highest BCUT2D eigenvalue weighted by molar-refractivity contribution is 8.13. The number of pyridine rings is 1. The van der Waals surface area contributed by atoms with Crippen molar-refractivity contribution in [3.8, 4) is 11.3 Å². The van der Waals surface area contributed by atoms with Crippen LogP contribution in [0.15, 0.2) is 83.1 Å². The quantitative estimate of drug-likeness (QED) is 0.376. The Bertz CT molecular complexity index is 1000. The molecule has 6 nitrogen and oxygen atoms in total. The average Bonchev–Trinajstić information content (AvgIpc) is 2.73. The fraction of sp³-hybridized carbons (Fsp3) is 0.0476. The van der Waals surface area contributed by atoms with E-state index < -0.39 is 5.97 Å². The summed E-state index contributed by atoms with van der Waals surface area (Å²) in [4.78, 5) is 15.3. The number of aromatic nitrogens is 1. The maximum absolute atomic E-state index is 11.1. The average molecular weight is 390 g/mol. The SMILES string of the molecule is NC(=NN=Cc1ccc(-c2cc(C(=O)O)ccn2)cc1)SCc1ccccc1. The van der Waals surface area contributed by atoms with Gasteiger partial charge in [0.05, 0.1) is 17.5 Å². The molecule has 0 spiro atoms. The molecule has 0 bridgehead atoms. The van der Waals surface area contributed by atoms with Crippen molar-refractivity contribution in [2.75, 3.05) is 0 Å². The highest BCUT2D eigenvalue weighted by Crippen LogP contribution is 2.18. The molecule has 0 amide bonds. The van der Waals surface area contributed by atoms with Gasteiger partial charge in [-0.15, -0.1) is 5.10 Å². The topological polar surface area (TPSA) is 101 Å². The molecule has 1 aromatic heterocycles. The molecule has 0 aliphatic carbocycles. The Kier molecular flexibility index (Phi) is 6.54. The van der Waals surface area contributed by atoms with E-state index in [2.05, 4.69) is 15.2 Å². The summed E-state index contributed by atoms with van der Waals surface area (Å²) in [6.07, 6.45) is 3.10. The van der Waals surface area contributed by atoms with Crippen molar-refractivity contribution >= 4 is 29.1 Å². The third-order valence-electron chi connectivity index (χ3n) is 3.81. The van der Waals surface area contributed by atoms with Crippen LogP contribution in [-0.2, 0) is 5.75 Å². The summed E-state index contributed by atoms with van der Waals surface area (Å²) in [5.41, 5.74) is 9.51. The van der Waals surface area contributed by atoms with Gasteiger partial charge in [0.15, 0.2) is 5.17 Å². The Morgan fingerprint density at radius 2 is 1.86 bits per heavy atom. The van der Waals surface area contributed by atoms with Crippen molar-refractivity contribution in [2.24, 2.45) is 15.9 Å².